The maximum absolute atomic E-state index is 12.8. The zero-order chi connectivity index (χ0) is 20.1. The van der Waals surface area contributed by atoms with E-state index in [2.05, 4.69) is 61.4 Å². The number of thiophene rings is 1. The Balaban J connectivity index is 1.57. The first kappa shape index (κ1) is 19.0. The number of carbonyl (C=O) groups is 1. The van der Waals surface area contributed by atoms with E-state index < -0.39 is 0 Å². The number of amides is 1. The first-order valence-corrected chi connectivity index (χ1v) is 10.6. The Morgan fingerprint density at radius 2 is 2.07 bits per heavy atom. The number of carbonyl (C=O) groups excluding carboxylic acids is 1. The zero-order valence-electron chi connectivity index (χ0n) is 16.9. The van der Waals surface area contributed by atoms with Gasteiger partial charge in [0.05, 0.1) is 22.5 Å². The largest absolute Gasteiger partial charge is 0.362 e. The number of nitrogens with zero attached hydrogens (tertiary/aromatic N) is 2. The number of hydrogen-bond donors (Lipinski definition) is 2. The molecule has 28 heavy (non-hydrogen) atoms. The number of benzene rings is 1. The van der Waals surface area contributed by atoms with Crippen molar-refractivity contribution in [1.82, 2.24) is 0 Å². The van der Waals surface area contributed by atoms with E-state index in [9.17, 15) is 10.1 Å². The van der Waals surface area contributed by atoms with Gasteiger partial charge < -0.3 is 15.5 Å². The van der Waals surface area contributed by atoms with Gasteiger partial charge in [0.1, 0.15) is 16.6 Å². The Bertz CT molecular complexity index is 983. The van der Waals surface area contributed by atoms with E-state index in [4.69, 9.17) is 0 Å². The van der Waals surface area contributed by atoms with E-state index in [-0.39, 0.29) is 17.0 Å². The molecule has 2 aliphatic heterocycles. The van der Waals surface area contributed by atoms with Crippen molar-refractivity contribution < 1.29 is 10.1 Å². The van der Waals surface area contributed by atoms with Crippen molar-refractivity contribution in [3.8, 4) is 6.07 Å². The number of anilines is 2. The third-order valence-corrected chi connectivity index (χ3v) is 7.15. The van der Waals surface area contributed by atoms with Crippen molar-refractivity contribution in [3.05, 3.63) is 45.8 Å². The number of nitriles is 1. The van der Waals surface area contributed by atoms with Crippen molar-refractivity contribution in [3.63, 3.8) is 0 Å². The molecule has 3 N–H and O–H groups in total. The number of fused-ring (bicyclic) bond motifs is 2. The normalized spacial score (nSPS) is 18.9. The summed E-state index contributed by atoms with van der Waals surface area (Å²) in [5, 5.41) is 15.9. The van der Waals surface area contributed by atoms with Crippen LogP contribution in [-0.2, 0) is 23.2 Å². The van der Waals surface area contributed by atoms with E-state index in [0.717, 1.165) is 30.6 Å². The highest BCUT2D eigenvalue weighted by atomic mass is 32.1. The SMILES string of the molecule is CC1(C)Cc2c(sc(NC(=O)CN3CCc4ccccc43)c2C#N)C(C)(C)[NH2+]1. The van der Waals surface area contributed by atoms with Gasteiger partial charge in [-0.15, -0.1) is 11.3 Å². The molecule has 0 saturated heterocycles. The molecule has 0 aliphatic carbocycles. The summed E-state index contributed by atoms with van der Waals surface area (Å²) in [7, 11) is 0. The summed E-state index contributed by atoms with van der Waals surface area (Å²) in [6, 6.07) is 10.6. The molecule has 146 valence electrons. The lowest BCUT2D eigenvalue weighted by Gasteiger charge is -2.38. The Morgan fingerprint density at radius 3 is 2.82 bits per heavy atom. The predicted molar refractivity (Wildman–Crippen MR) is 113 cm³/mol. The molecule has 4 rings (SSSR count). The lowest BCUT2D eigenvalue weighted by Crippen LogP contribution is -3.03. The van der Waals surface area contributed by atoms with Crippen molar-refractivity contribution in [2.45, 2.75) is 51.6 Å². The molecule has 6 heteroatoms. The molecular formula is C22H27N4OS+. The first-order chi connectivity index (χ1) is 13.2. The van der Waals surface area contributed by atoms with Gasteiger partial charge in [-0.3, -0.25) is 4.79 Å². The molecule has 0 unspecified atom stereocenters. The van der Waals surface area contributed by atoms with Crippen LogP contribution in [0.4, 0.5) is 10.7 Å². The topological polar surface area (TPSA) is 72.7 Å². The van der Waals surface area contributed by atoms with Gasteiger partial charge in [0, 0.05) is 18.7 Å². The highest BCUT2D eigenvalue weighted by molar-refractivity contribution is 7.16. The Labute approximate surface area is 170 Å². The van der Waals surface area contributed by atoms with Crippen LogP contribution in [0, 0.1) is 11.3 Å². The fraction of sp³-hybridized carbons (Fsp3) is 0.455. The Morgan fingerprint density at radius 1 is 1.32 bits per heavy atom. The summed E-state index contributed by atoms with van der Waals surface area (Å²) >= 11 is 1.56. The predicted octanol–water partition coefficient (Wildman–Crippen LogP) is 2.75. The van der Waals surface area contributed by atoms with Gasteiger partial charge in [0.25, 0.3) is 0 Å². The number of para-hydroxylation sites is 1. The molecule has 0 atom stereocenters. The van der Waals surface area contributed by atoms with Gasteiger partial charge in [-0.2, -0.15) is 5.26 Å². The standard InChI is InChI=1S/C22H26N4OS/c1-21(2)11-15-16(12-23)20(28-19(15)22(3,4)25-21)24-18(27)13-26-10-9-14-7-5-6-8-17(14)26/h5-8,25H,9-11,13H2,1-4H3,(H,24,27)/p+1. The highest BCUT2D eigenvalue weighted by Crippen LogP contribution is 2.41. The molecule has 0 bridgehead atoms. The van der Waals surface area contributed by atoms with Gasteiger partial charge >= 0.3 is 0 Å². The van der Waals surface area contributed by atoms with Crippen LogP contribution < -0.4 is 15.5 Å². The Hall–Kier alpha value is -2.36. The average molecular weight is 396 g/mol. The smallest absolute Gasteiger partial charge is 0.244 e. The van der Waals surface area contributed by atoms with Crippen LogP contribution in [0.25, 0.3) is 0 Å². The number of nitrogens with two attached hydrogens (primary N) is 1. The van der Waals surface area contributed by atoms with Crippen LogP contribution in [0.5, 0.6) is 0 Å². The van der Waals surface area contributed by atoms with Crippen LogP contribution in [0.1, 0.15) is 49.3 Å². The number of nitrogens with one attached hydrogen (secondary N) is 1. The second-order valence-corrected chi connectivity index (χ2v) is 10.1. The molecule has 1 aromatic carbocycles. The van der Waals surface area contributed by atoms with Gasteiger partial charge in [0.2, 0.25) is 5.91 Å². The molecule has 1 amide bonds. The van der Waals surface area contributed by atoms with Gasteiger partial charge in [0.15, 0.2) is 0 Å². The molecule has 2 aliphatic rings. The summed E-state index contributed by atoms with van der Waals surface area (Å²) in [4.78, 5) is 16.1. The van der Waals surface area contributed by atoms with E-state index in [1.807, 2.05) is 12.1 Å². The van der Waals surface area contributed by atoms with Crippen LogP contribution in [0.3, 0.4) is 0 Å². The summed E-state index contributed by atoms with van der Waals surface area (Å²) in [6.07, 6.45) is 1.81. The maximum atomic E-state index is 12.8. The van der Waals surface area contributed by atoms with Crippen molar-refractivity contribution in [2.24, 2.45) is 0 Å². The highest BCUT2D eigenvalue weighted by Gasteiger charge is 2.44. The van der Waals surface area contributed by atoms with Crippen LogP contribution in [-0.4, -0.2) is 24.5 Å². The summed E-state index contributed by atoms with van der Waals surface area (Å²) in [6.45, 7) is 9.97. The van der Waals surface area contributed by atoms with E-state index in [1.165, 1.54) is 10.4 Å². The molecule has 1 aromatic heterocycles. The minimum absolute atomic E-state index is 0.0315. The van der Waals surface area contributed by atoms with E-state index >= 15 is 0 Å². The monoisotopic (exact) mass is 395 g/mol. The van der Waals surface area contributed by atoms with Crippen molar-refractivity contribution in [1.29, 1.82) is 5.26 Å². The van der Waals surface area contributed by atoms with Crippen molar-refractivity contribution >= 4 is 27.9 Å². The molecule has 3 heterocycles. The summed E-state index contributed by atoms with van der Waals surface area (Å²) in [5.74, 6) is -0.0622. The van der Waals surface area contributed by atoms with Gasteiger partial charge in [-0.1, -0.05) is 18.2 Å². The number of quaternary nitrogens is 1. The summed E-state index contributed by atoms with van der Waals surface area (Å²) in [5.41, 5.74) is 4.10. The first-order valence-electron chi connectivity index (χ1n) is 9.76. The maximum Gasteiger partial charge on any atom is 0.244 e. The van der Waals surface area contributed by atoms with Crippen molar-refractivity contribution in [2.75, 3.05) is 23.3 Å². The van der Waals surface area contributed by atoms with Gasteiger partial charge in [-0.25, -0.2) is 0 Å². The molecule has 5 nitrogen and oxygen atoms in total. The molecule has 0 radical (unpaired) electrons. The van der Waals surface area contributed by atoms with Crippen LogP contribution in [0.2, 0.25) is 0 Å². The molecule has 0 spiro atoms. The fourth-order valence-electron chi connectivity index (χ4n) is 4.82. The zero-order valence-corrected chi connectivity index (χ0v) is 17.7. The Kier molecular flexibility index (Phi) is 4.48. The second-order valence-electron chi connectivity index (χ2n) is 9.11. The minimum atomic E-state index is -0.107. The van der Waals surface area contributed by atoms with Gasteiger partial charge in [-0.05, 0) is 51.3 Å². The third kappa shape index (κ3) is 3.30. The second kappa shape index (κ2) is 6.61. The molecule has 0 saturated carbocycles. The molecular weight excluding hydrogens is 368 g/mol. The van der Waals surface area contributed by atoms with E-state index in [0.29, 0.717) is 17.1 Å². The molecule has 2 aromatic rings. The quantitative estimate of drug-likeness (QED) is 0.839. The summed E-state index contributed by atoms with van der Waals surface area (Å²) < 4.78 is 0. The van der Waals surface area contributed by atoms with Crippen LogP contribution >= 0.6 is 11.3 Å². The lowest BCUT2D eigenvalue weighted by atomic mass is 9.81. The number of rotatable bonds is 3. The average Bonchev–Trinajstić information content (AvgIpc) is 3.15. The fourth-order valence-corrected chi connectivity index (χ4v) is 6.08. The van der Waals surface area contributed by atoms with E-state index in [1.54, 1.807) is 11.3 Å². The van der Waals surface area contributed by atoms with Crippen LogP contribution in [0.15, 0.2) is 24.3 Å². The lowest BCUT2D eigenvalue weighted by molar-refractivity contribution is -0.789. The molecule has 0 fully saturated rings. The number of hydrogen-bond acceptors (Lipinski definition) is 4. The third-order valence-electron chi connectivity index (χ3n) is 5.66. The minimum Gasteiger partial charge on any atom is -0.362 e.